The van der Waals surface area contributed by atoms with Crippen LogP contribution >= 0.6 is 0 Å². The van der Waals surface area contributed by atoms with Gasteiger partial charge in [0.2, 0.25) is 0 Å². The quantitative estimate of drug-likeness (QED) is 0.577. The number of rotatable bonds is 3. The molecule has 0 saturated heterocycles. The minimum Gasteiger partial charge on any atom is -0.370 e. The monoisotopic (exact) mass is 261 g/mol. The molecule has 17 heavy (non-hydrogen) atoms. The maximum absolute atomic E-state index is 11.7. The Morgan fingerprint density at radius 3 is 2.24 bits per heavy atom. The zero-order valence-electron chi connectivity index (χ0n) is 11.1. The van der Waals surface area contributed by atoms with E-state index in [1.807, 2.05) is 20.8 Å². The van der Waals surface area contributed by atoms with Gasteiger partial charge >= 0.3 is 0 Å². The van der Waals surface area contributed by atoms with Crippen molar-refractivity contribution < 1.29 is 8.42 Å². The van der Waals surface area contributed by atoms with E-state index in [1.54, 1.807) is 0 Å². The van der Waals surface area contributed by atoms with Crippen LogP contribution in [-0.2, 0) is 9.84 Å². The average Bonchev–Trinajstić information content (AvgIpc) is 1.94. The summed E-state index contributed by atoms with van der Waals surface area (Å²) in [4.78, 5) is 4.17. The Kier molecular flexibility index (Phi) is 3.76. The summed E-state index contributed by atoms with van der Waals surface area (Å²) in [5.74, 6) is 0.312. The summed E-state index contributed by atoms with van der Waals surface area (Å²) in [5, 5.41) is 3.02. The van der Waals surface area contributed by atoms with Crippen molar-refractivity contribution in [2.75, 3.05) is 12.8 Å². The van der Waals surface area contributed by atoms with Crippen molar-refractivity contribution in [3.8, 4) is 0 Å². The predicted molar refractivity (Wildman–Crippen MR) is 70.8 cm³/mol. The highest BCUT2D eigenvalue weighted by Crippen LogP contribution is 2.39. The zero-order valence-corrected chi connectivity index (χ0v) is 11.9. The van der Waals surface area contributed by atoms with Crippen molar-refractivity contribution in [3.63, 3.8) is 0 Å². The van der Waals surface area contributed by atoms with Crippen LogP contribution in [0.15, 0.2) is 4.99 Å². The van der Waals surface area contributed by atoms with Crippen LogP contribution in [0.3, 0.4) is 0 Å². The van der Waals surface area contributed by atoms with E-state index in [0.717, 1.165) is 6.42 Å². The van der Waals surface area contributed by atoms with E-state index in [-0.39, 0.29) is 12.1 Å². The second kappa shape index (κ2) is 4.48. The molecule has 1 saturated carbocycles. The van der Waals surface area contributed by atoms with Crippen LogP contribution < -0.4 is 11.1 Å². The number of nitrogens with one attached hydrogen (secondary N) is 1. The molecule has 0 aromatic carbocycles. The Labute approximate surface area is 104 Å². The highest BCUT2D eigenvalue weighted by molar-refractivity contribution is 7.92. The molecule has 0 atom stereocenters. The summed E-state index contributed by atoms with van der Waals surface area (Å²) in [7, 11) is -3.06. The maximum Gasteiger partial charge on any atom is 0.189 e. The van der Waals surface area contributed by atoms with Gasteiger partial charge in [-0.3, -0.25) is 4.99 Å². The molecule has 0 amide bonds. The predicted octanol–water partition coefficient (Wildman–Crippen LogP) is 0.657. The van der Waals surface area contributed by atoms with Gasteiger partial charge in [0, 0.05) is 11.8 Å². The average molecular weight is 261 g/mol. The fourth-order valence-corrected chi connectivity index (χ4v) is 3.20. The molecule has 0 radical (unpaired) electrons. The normalized spacial score (nSPS) is 20.8. The first-order valence-corrected chi connectivity index (χ1v) is 7.73. The van der Waals surface area contributed by atoms with Crippen molar-refractivity contribution in [1.29, 1.82) is 0 Å². The molecule has 1 rings (SSSR count). The summed E-state index contributed by atoms with van der Waals surface area (Å²) in [5.41, 5.74) is 5.57. The SMILES string of the molecule is CC(C)(C)NC(N)=NCC1(S(C)(=O)=O)CCC1. The van der Waals surface area contributed by atoms with E-state index in [2.05, 4.69) is 10.3 Å². The van der Waals surface area contributed by atoms with Gasteiger partial charge < -0.3 is 11.1 Å². The fourth-order valence-electron chi connectivity index (χ4n) is 1.87. The number of guanidine groups is 1. The van der Waals surface area contributed by atoms with Gasteiger partial charge in [-0.1, -0.05) is 6.42 Å². The molecule has 0 aromatic heterocycles. The molecule has 0 heterocycles. The Morgan fingerprint density at radius 2 is 1.94 bits per heavy atom. The van der Waals surface area contributed by atoms with Crippen molar-refractivity contribution in [1.82, 2.24) is 5.32 Å². The molecule has 0 aliphatic heterocycles. The molecule has 5 nitrogen and oxygen atoms in total. The lowest BCUT2D eigenvalue weighted by atomic mass is 9.84. The highest BCUT2D eigenvalue weighted by atomic mass is 32.2. The fraction of sp³-hybridized carbons (Fsp3) is 0.909. The second-order valence-electron chi connectivity index (χ2n) is 5.89. The molecular weight excluding hydrogens is 238 g/mol. The largest absolute Gasteiger partial charge is 0.370 e. The van der Waals surface area contributed by atoms with Crippen LogP contribution in [-0.4, -0.2) is 37.5 Å². The minimum atomic E-state index is -3.06. The van der Waals surface area contributed by atoms with E-state index in [4.69, 9.17) is 5.73 Å². The molecule has 0 spiro atoms. The first-order valence-electron chi connectivity index (χ1n) is 5.83. The van der Waals surface area contributed by atoms with E-state index >= 15 is 0 Å². The van der Waals surface area contributed by atoms with Crippen LogP contribution in [0.25, 0.3) is 0 Å². The molecule has 1 aliphatic carbocycles. The third-order valence-electron chi connectivity index (χ3n) is 3.09. The molecule has 3 N–H and O–H groups in total. The third kappa shape index (κ3) is 3.59. The molecule has 1 aliphatic rings. The first-order chi connectivity index (χ1) is 7.56. The lowest BCUT2D eigenvalue weighted by Gasteiger charge is -2.38. The van der Waals surface area contributed by atoms with E-state index in [0.29, 0.717) is 18.8 Å². The van der Waals surface area contributed by atoms with Crippen molar-refractivity contribution >= 4 is 15.8 Å². The van der Waals surface area contributed by atoms with Gasteiger partial charge in [-0.05, 0) is 33.6 Å². The van der Waals surface area contributed by atoms with Gasteiger partial charge in [-0.2, -0.15) is 0 Å². The van der Waals surface area contributed by atoms with Crippen LogP contribution in [0.1, 0.15) is 40.0 Å². The standard InChI is InChI=1S/C11H23N3O2S/c1-10(2,3)14-9(12)13-8-11(6-5-7-11)17(4,15)16/h5-8H2,1-4H3,(H3,12,13,14). The van der Waals surface area contributed by atoms with Crippen LogP contribution in [0.4, 0.5) is 0 Å². The number of nitrogens with two attached hydrogens (primary N) is 1. The topological polar surface area (TPSA) is 84.5 Å². The van der Waals surface area contributed by atoms with Gasteiger partial charge in [0.1, 0.15) is 0 Å². The number of nitrogens with zero attached hydrogens (tertiary/aromatic N) is 1. The van der Waals surface area contributed by atoms with Crippen LogP contribution in [0.5, 0.6) is 0 Å². The smallest absolute Gasteiger partial charge is 0.189 e. The lowest BCUT2D eigenvalue weighted by molar-refractivity contribution is 0.346. The number of hydrogen-bond donors (Lipinski definition) is 2. The van der Waals surface area contributed by atoms with Gasteiger partial charge in [0.15, 0.2) is 15.8 Å². The van der Waals surface area contributed by atoms with Crippen molar-refractivity contribution in [3.05, 3.63) is 0 Å². The van der Waals surface area contributed by atoms with Crippen LogP contribution in [0.2, 0.25) is 0 Å². The van der Waals surface area contributed by atoms with Gasteiger partial charge in [-0.15, -0.1) is 0 Å². The third-order valence-corrected chi connectivity index (χ3v) is 5.20. The summed E-state index contributed by atoms with van der Waals surface area (Å²) in [6.45, 7) is 6.20. The number of sulfone groups is 1. The van der Waals surface area contributed by atoms with E-state index in [9.17, 15) is 8.42 Å². The van der Waals surface area contributed by atoms with Gasteiger partial charge in [0.25, 0.3) is 0 Å². The minimum absolute atomic E-state index is 0.161. The zero-order chi connectivity index (χ0) is 13.3. The van der Waals surface area contributed by atoms with E-state index < -0.39 is 14.6 Å². The molecule has 0 unspecified atom stereocenters. The number of aliphatic imine (C=N–C) groups is 1. The maximum atomic E-state index is 11.7. The Bertz CT molecular complexity index is 403. The summed E-state index contributed by atoms with van der Waals surface area (Å²) >= 11 is 0. The van der Waals surface area contributed by atoms with E-state index in [1.165, 1.54) is 6.26 Å². The molecule has 1 fully saturated rings. The molecule has 100 valence electrons. The lowest BCUT2D eigenvalue weighted by Crippen LogP contribution is -2.49. The van der Waals surface area contributed by atoms with Crippen molar-refractivity contribution in [2.24, 2.45) is 10.7 Å². The Balaban J connectivity index is 2.69. The van der Waals surface area contributed by atoms with Crippen molar-refractivity contribution in [2.45, 2.75) is 50.3 Å². The summed E-state index contributed by atoms with van der Waals surface area (Å²) < 4.78 is 22.7. The number of hydrogen-bond acceptors (Lipinski definition) is 3. The second-order valence-corrected chi connectivity index (χ2v) is 8.30. The summed E-state index contributed by atoms with van der Waals surface area (Å²) in [6.07, 6.45) is 3.63. The molecular formula is C11H23N3O2S. The highest BCUT2D eigenvalue weighted by Gasteiger charge is 2.46. The Hall–Kier alpha value is -0.780. The molecule has 6 heteroatoms. The van der Waals surface area contributed by atoms with Crippen LogP contribution in [0, 0.1) is 0 Å². The van der Waals surface area contributed by atoms with Gasteiger partial charge in [-0.25, -0.2) is 8.42 Å². The first kappa shape index (κ1) is 14.3. The molecule has 0 bridgehead atoms. The van der Waals surface area contributed by atoms with Gasteiger partial charge in [0.05, 0.1) is 11.3 Å². The summed E-state index contributed by atoms with van der Waals surface area (Å²) in [6, 6.07) is 0. The molecule has 0 aromatic rings. The Morgan fingerprint density at radius 1 is 1.41 bits per heavy atom.